The Hall–Kier alpha value is -3.41. The monoisotopic (exact) mass is 319 g/mol. The summed E-state index contributed by atoms with van der Waals surface area (Å²) in [6.07, 6.45) is 1.40. The second-order valence-corrected chi connectivity index (χ2v) is 5.32. The molecule has 0 unspecified atom stereocenters. The molecule has 6 heteroatoms. The summed E-state index contributed by atoms with van der Waals surface area (Å²) in [7, 11) is 0. The summed E-state index contributed by atoms with van der Waals surface area (Å²) in [5, 5.41) is 13.4. The standard InChI is InChI=1S/C18H13N3O3/c22-18(23)14(11-6-2-1-3-7-11)21-17-16-15(19-10-20-17)12-8-4-5-9-13(12)24-16/h1-10,14H,(H,22,23)(H,19,20,21)/t14-/m0/s1. The number of hydrogen-bond acceptors (Lipinski definition) is 5. The van der Waals surface area contributed by atoms with Gasteiger partial charge in [0, 0.05) is 5.39 Å². The molecule has 0 bridgehead atoms. The second kappa shape index (κ2) is 5.66. The summed E-state index contributed by atoms with van der Waals surface area (Å²) < 4.78 is 5.82. The van der Waals surface area contributed by atoms with E-state index in [1.807, 2.05) is 30.3 Å². The van der Waals surface area contributed by atoms with E-state index in [0.717, 1.165) is 5.39 Å². The summed E-state index contributed by atoms with van der Waals surface area (Å²) in [5.41, 5.74) is 2.41. The lowest BCUT2D eigenvalue weighted by Crippen LogP contribution is -2.21. The zero-order chi connectivity index (χ0) is 16.5. The van der Waals surface area contributed by atoms with Gasteiger partial charge in [0.15, 0.2) is 17.4 Å². The fraction of sp³-hybridized carbons (Fsp3) is 0.0556. The van der Waals surface area contributed by atoms with Crippen LogP contribution in [-0.4, -0.2) is 21.0 Å². The first-order valence-corrected chi connectivity index (χ1v) is 7.40. The van der Waals surface area contributed by atoms with Gasteiger partial charge in [-0.25, -0.2) is 14.8 Å². The molecule has 0 saturated heterocycles. The number of carbonyl (C=O) groups is 1. The van der Waals surface area contributed by atoms with E-state index in [0.29, 0.717) is 28.1 Å². The van der Waals surface area contributed by atoms with Crippen molar-refractivity contribution in [2.45, 2.75) is 6.04 Å². The van der Waals surface area contributed by atoms with Gasteiger partial charge < -0.3 is 14.8 Å². The van der Waals surface area contributed by atoms with Crippen molar-refractivity contribution in [3.8, 4) is 0 Å². The summed E-state index contributed by atoms with van der Waals surface area (Å²) in [6.45, 7) is 0. The van der Waals surface area contributed by atoms with Crippen LogP contribution in [-0.2, 0) is 4.79 Å². The maximum atomic E-state index is 11.7. The van der Waals surface area contributed by atoms with Crippen molar-refractivity contribution >= 4 is 33.9 Å². The summed E-state index contributed by atoms with van der Waals surface area (Å²) in [5.74, 6) is -0.642. The van der Waals surface area contributed by atoms with Crippen LogP contribution in [0.3, 0.4) is 0 Å². The molecule has 0 saturated carbocycles. The number of carboxylic acids is 1. The first-order valence-electron chi connectivity index (χ1n) is 7.40. The Balaban J connectivity index is 1.82. The van der Waals surface area contributed by atoms with Crippen LogP contribution in [0, 0.1) is 0 Å². The molecule has 0 fully saturated rings. The number of nitrogens with one attached hydrogen (secondary N) is 1. The molecule has 1 atom stereocenters. The first-order chi connectivity index (χ1) is 11.7. The van der Waals surface area contributed by atoms with Crippen LogP contribution in [0.5, 0.6) is 0 Å². The zero-order valence-corrected chi connectivity index (χ0v) is 12.5. The number of fused-ring (bicyclic) bond motifs is 3. The largest absolute Gasteiger partial charge is 0.479 e. The Labute approximate surface area is 136 Å². The van der Waals surface area contributed by atoms with Gasteiger partial charge in [-0.2, -0.15) is 0 Å². The summed E-state index contributed by atoms with van der Waals surface area (Å²) in [6, 6.07) is 15.5. The predicted octanol–water partition coefficient (Wildman–Crippen LogP) is 3.61. The van der Waals surface area contributed by atoms with Gasteiger partial charge >= 0.3 is 5.97 Å². The van der Waals surface area contributed by atoms with E-state index in [1.54, 1.807) is 24.3 Å². The number of para-hydroxylation sites is 1. The van der Waals surface area contributed by atoms with Gasteiger partial charge in [0.25, 0.3) is 0 Å². The van der Waals surface area contributed by atoms with E-state index in [-0.39, 0.29) is 0 Å². The number of aromatic nitrogens is 2. The van der Waals surface area contributed by atoms with Crippen molar-refractivity contribution in [1.82, 2.24) is 9.97 Å². The molecule has 2 heterocycles. The highest BCUT2D eigenvalue weighted by Crippen LogP contribution is 2.31. The lowest BCUT2D eigenvalue weighted by molar-refractivity contribution is -0.138. The second-order valence-electron chi connectivity index (χ2n) is 5.32. The van der Waals surface area contributed by atoms with E-state index in [2.05, 4.69) is 15.3 Å². The van der Waals surface area contributed by atoms with Crippen LogP contribution >= 0.6 is 0 Å². The van der Waals surface area contributed by atoms with Crippen molar-refractivity contribution in [3.63, 3.8) is 0 Å². The number of hydrogen-bond donors (Lipinski definition) is 2. The topological polar surface area (TPSA) is 88.2 Å². The molecule has 6 nitrogen and oxygen atoms in total. The quantitative estimate of drug-likeness (QED) is 0.597. The Morgan fingerprint density at radius 3 is 2.58 bits per heavy atom. The van der Waals surface area contributed by atoms with Gasteiger partial charge in [-0.05, 0) is 17.7 Å². The predicted molar refractivity (Wildman–Crippen MR) is 89.8 cm³/mol. The summed E-state index contributed by atoms with van der Waals surface area (Å²) in [4.78, 5) is 20.1. The minimum absolute atomic E-state index is 0.354. The van der Waals surface area contributed by atoms with Gasteiger partial charge in [0.05, 0.1) is 0 Å². The van der Waals surface area contributed by atoms with Gasteiger partial charge in [-0.15, -0.1) is 0 Å². The normalized spacial score (nSPS) is 12.3. The highest BCUT2D eigenvalue weighted by atomic mass is 16.4. The fourth-order valence-electron chi connectivity index (χ4n) is 2.70. The molecule has 2 aromatic carbocycles. The number of benzene rings is 2. The van der Waals surface area contributed by atoms with E-state index >= 15 is 0 Å². The molecule has 0 aliphatic heterocycles. The molecule has 4 aromatic rings. The van der Waals surface area contributed by atoms with Crippen LogP contribution < -0.4 is 5.32 Å². The highest BCUT2D eigenvalue weighted by molar-refractivity contribution is 6.05. The smallest absolute Gasteiger partial charge is 0.330 e. The van der Waals surface area contributed by atoms with Gasteiger partial charge in [0.1, 0.15) is 17.4 Å². The molecule has 2 aromatic heterocycles. The van der Waals surface area contributed by atoms with E-state index < -0.39 is 12.0 Å². The van der Waals surface area contributed by atoms with Crippen LogP contribution in [0.4, 0.5) is 5.82 Å². The molecular weight excluding hydrogens is 306 g/mol. The van der Waals surface area contributed by atoms with E-state index in [1.165, 1.54) is 6.33 Å². The molecule has 2 N–H and O–H groups in total. The van der Waals surface area contributed by atoms with Crippen LogP contribution in [0.2, 0.25) is 0 Å². The minimum atomic E-state index is -0.996. The molecule has 0 spiro atoms. The van der Waals surface area contributed by atoms with Gasteiger partial charge in [-0.1, -0.05) is 42.5 Å². The number of rotatable bonds is 4. The third kappa shape index (κ3) is 2.34. The van der Waals surface area contributed by atoms with Gasteiger partial charge in [0.2, 0.25) is 0 Å². The fourth-order valence-corrected chi connectivity index (χ4v) is 2.70. The number of aliphatic carboxylic acids is 1. The van der Waals surface area contributed by atoms with Crippen molar-refractivity contribution < 1.29 is 14.3 Å². The molecule has 24 heavy (non-hydrogen) atoms. The molecular formula is C18H13N3O3. The maximum Gasteiger partial charge on any atom is 0.330 e. The molecule has 0 radical (unpaired) electrons. The zero-order valence-electron chi connectivity index (χ0n) is 12.5. The number of furan rings is 1. The molecule has 0 amide bonds. The van der Waals surface area contributed by atoms with E-state index in [4.69, 9.17) is 4.42 Å². The lowest BCUT2D eigenvalue weighted by atomic mass is 10.1. The Morgan fingerprint density at radius 1 is 1.04 bits per heavy atom. The molecule has 4 rings (SSSR count). The minimum Gasteiger partial charge on any atom is -0.479 e. The van der Waals surface area contributed by atoms with Crippen LogP contribution in [0.25, 0.3) is 22.1 Å². The Kier molecular flexibility index (Phi) is 3.35. The lowest BCUT2D eigenvalue weighted by Gasteiger charge is -2.15. The molecule has 0 aliphatic carbocycles. The van der Waals surface area contributed by atoms with Crippen molar-refractivity contribution in [1.29, 1.82) is 0 Å². The van der Waals surface area contributed by atoms with Crippen LogP contribution in [0.1, 0.15) is 11.6 Å². The van der Waals surface area contributed by atoms with E-state index in [9.17, 15) is 9.90 Å². The van der Waals surface area contributed by atoms with Gasteiger partial charge in [-0.3, -0.25) is 0 Å². The van der Waals surface area contributed by atoms with Crippen molar-refractivity contribution in [2.24, 2.45) is 0 Å². The SMILES string of the molecule is O=C(O)[C@@H](Nc1ncnc2c1oc1ccccc12)c1ccccc1. The number of carboxylic acid groups (broad SMARTS) is 1. The number of nitrogens with zero attached hydrogens (tertiary/aromatic N) is 2. The number of anilines is 1. The maximum absolute atomic E-state index is 11.7. The average molecular weight is 319 g/mol. The third-order valence-corrected chi connectivity index (χ3v) is 3.82. The Morgan fingerprint density at radius 2 is 1.79 bits per heavy atom. The van der Waals surface area contributed by atoms with Crippen LogP contribution in [0.15, 0.2) is 65.3 Å². The van der Waals surface area contributed by atoms with Crippen molar-refractivity contribution in [3.05, 3.63) is 66.5 Å². The Bertz CT molecular complexity index is 1030. The highest BCUT2D eigenvalue weighted by Gasteiger charge is 2.22. The third-order valence-electron chi connectivity index (χ3n) is 3.82. The van der Waals surface area contributed by atoms with Crippen molar-refractivity contribution in [2.75, 3.05) is 5.32 Å². The summed E-state index contributed by atoms with van der Waals surface area (Å²) >= 11 is 0. The average Bonchev–Trinajstić information content (AvgIpc) is 2.99. The first kappa shape index (κ1) is 14.2. The molecule has 0 aliphatic rings. The molecule has 118 valence electrons.